The lowest BCUT2D eigenvalue weighted by Crippen LogP contribution is -2.09. The molecule has 3 nitrogen and oxygen atoms in total. The van der Waals surface area contributed by atoms with E-state index in [2.05, 4.69) is 157 Å². The molecule has 0 N–H and O–H groups in total. The highest BCUT2D eigenvalue weighted by atomic mass is 16.3. The second-order valence-electron chi connectivity index (χ2n) is 12.5. The molecule has 10 aromatic rings. The summed E-state index contributed by atoms with van der Waals surface area (Å²) < 4.78 is 13.1. The van der Waals surface area contributed by atoms with Crippen molar-refractivity contribution in [3.8, 4) is 22.3 Å². The van der Waals surface area contributed by atoms with Gasteiger partial charge in [0.15, 0.2) is 0 Å². The van der Waals surface area contributed by atoms with Crippen LogP contribution < -0.4 is 4.90 Å². The van der Waals surface area contributed by atoms with E-state index in [0.717, 1.165) is 83.2 Å². The zero-order valence-electron chi connectivity index (χ0n) is 26.5. The third kappa shape index (κ3) is 4.51. The van der Waals surface area contributed by atoms with Gasteiger partial charge < -0.3 is 13.7 Å². The Bertz CT molecular complexity index is 2770. The Labute approximate surface area is 282 Å². The molecule has 2 aromatic heterocycles. The number of hydrogen-bond donors (Lipinski definition) is 0. The molecule has 0 aliphatic heterocycles. The first kappa shape index (κ1) is 27.5. The van der Waals surface area contributed by atoms with E-state index in [4.69, 9.17) is 8.83 Å². The topological polar surface area (TPSA) is 29.5 Å². The number of para-hydroxylation sites is 3. The van der Waals surface area contributed by atoms with Crippen molar-refractivity contribution in [2.75, 3.05) is 4.90 Å². The largest absolute Gasteiger partial charge is 0.456 e. The molecule has 0 atom stereocenters. The maximum Gasteiger partial charge on any atom is 0.143 e. The van der Waals surface area contributed by atoms with Crippen LogP contribution in [0.2, 0.25) is 0 Å². The van der Waals surface area contributed by atoms with Crippen molar-refractivity contribution in [1.29, 1.82) is 0 Å². The Morgan fingerprint density at radius 2 is 0.939 bits per heavy atom. The van der Waals surface area contributed by atoms with Crippen LogP contribution in [0.1, 0.15) is 0 Å². The predicted octanol–water partition coefficient (Wildman–Crippen LogP) is 13.4. The molecule has 0 fully saturated rings. The number of fused-ring (bicyclic) bond motifs is 8. The molecule has 10 rings (SSSR count). The van der Waals surface area contributed by atoms with Gasteiger partial charge in [0.2, 0.25) is 0 Å². The molecule has 8 aromatic carbocycles. The lowest BCUT2D eigenvalue weighted by Gasteiger charge is -2.25. The first-order valence-corrected chi connectivity index (χ1v) is 16.6. The molecule has 0 aliphatic rings. The van der Waals surface area contributed by atoms with Crippen LogP contribution in [-0.2, 0) is 0 Å². The van der Waals surface area contributed by atoms with E-state index in [-0.39, 0.29) is 0 Å². The lowest BCUT2D eigenvalue weighted by molar-refractivity contribution is 0.663. The molecule has 0 spiro atoms. The van der Waals surface area contributed by atoms with Crippen LogP contribution in [0.5, 0.6) is 0 Å². The summed E-state index contributed by atoms with van der Waals surface area (Å²) in [6.45, 7) is 0. The fourth-order valence-corrected chi connectivity index (χ4v) is 7.33. The van der Waals surface area contributed by atoms with Crippen LogP contribution in [0.15, 0.2) is 185 Å². The van der Waals surface area contributed by atoms with Crippen LogP contribution in [0.3, 0.4) is 0 Å². The average Bonchev–Trinajstić information content (AvgIpc) is 3.74. The summed E-state index contributed by atoms with van der Waals surface area (Å²) in [5, 5.41) is 6.78. The van der Waals surface area contributed by atoms with Gasteiger partial charge in [-0.15, -0.1) is 0 Å². The van der Waals surface area contributed by atoms with Gasteiger partial charge in [0.25, 0.3) is 0 Å². The zero-order chi connectivity index (χ0) is 32.3. The minimum Gasteiger partial charge on any atom is -0.456 e. The molecule has 0 saturated heterocycles. The van der Waals surface area contributed by atoms with Crippen molar-refractivity contribution < 1.29 is 8.83 Å². The summed E-state index contributed by atoms with van der Waals surface area (Å²) in [6, 6.07) is 62.0. The van der Waals surface area contributed by atoms with Gasteiger partial charge in [0.05, 0.1) is 0 Å². The standard InChI is InChI=1S/C46H29NO2/c1-3-13-35(14-4-1)47(36-15-5-2-6-16-36)37-23-21-31(22-24-37)39-28-34(33-20-19-30-11-7-8-12-32(30)27-33)29-40-45-43(49-46(39)40)26-25-42-44(45)38-17-9-10-18-41(38)48-42/h1-29H. The van der Waals surface area contributed by atoms with E-state index in [9.17, 15) is 0 Å². The van der Waals surface area contributed by atoms with Gasteiger partial charge in [-0.25, -0.2) is 0 Å². The van der Waals surface area contributed by atoms with Crippen molar-refractivity contribution in [1.82, 2.24) is 0 Å². The molecule has 3 heteroatoms. The minimum atomic E-state index is 0.849. The minimum absolute atomic E-state index is 0.849. The molecule has 0 amide bonds. The Morgan fingerprint density at radius 3 is 1.69 bits per heavy atom. The molecular weight excluding hydrogens is 599 g/mol. The fraction of sp³-hybridized carbons (Fsp3) is 0. The van der Waals surface area contributed by atoms with Crippen molar-refractivity contribution in [2.24, 2.45) is 0 Å². The fourth-order valence-electron chi connectivity index (χ4n) is 7.33. The van der Waals surface area contributed by atoms with E-state index in [1.54, 1.807) is 0 Å². The number of nitrogens with zero attached hydrogens (tertiary/aromatic N) is 1. The third-order valence-corrected chi connectivity index (χ3v) is 9.62. The van der Waals surface area contributed by atoms with Crippen molar-refractivity contribution >= 4 is 71.7 Å². The molecule has 0 bridgehead atoms. The SMILES string of the molecule is c1ccc(N(c2ccccc2)c2ccc(-c3cc(-c4ccc5ccccc5c4)cc4c3oc3ccc5oc6ccccc6c5c34)cc2)cc1. The van der Waals surface area contributed by atoms with Crippen LogP contribution in [0.25, 0.3) is 76.9 Å². The Morgan fingerprint density at radius 1 is 0.347 bits per heavy atom. The highest BCUT2D eigenvalue weighted by Gasteiger charge is 2.21. The Hall–Kier alpha value is -6.58. The second kappa shape index (κ2) is 11.0. The van der Waals surface area contributed by atoms with Gasteiger partial charge in [-0.3, -0.25) is 0 Å². The molecule has 0 unspecified atom stereocenters. The third-order valence-electron chi connectivity index (χ3n) is 9.62. The first-order chi connectivity index (χ1) is 24.3. The quantitative estimate of drug-likeness (QED) is 0.190. The molecule has 0 radical (unpaired) electrons. The van der Waals surface area contributed by atoms with E-state index >= 15 is 0 Å². The van der Waals surface area contributed by atoms with Crippen LogP contribution >= 0.6 is 0 Å². The maximum atomic E-state index is 6.79. The van der Waals surface area contributed by atoms with Gasteiger partial charge in [0, 0.05) is 44.2 Å². The summed E-state index contributed by atoms with van der Waals surface area (Å²) in [7, 11) is 0. The van der Waals surface area contributed by atoms with Gasteiger partial charge in [-0.05, 0) is 100 Å². The molecule has 49 heavy (non-hydrogen) atoms. The number of anilines is 3. The summed E-state index contributed by atoms with van der Waals surface area (Å²) in [4.78, 5) is 2.28. The van der Waals surface area contributed by atoms with Crippen molar-refractivity contribution in [2.45, 2.75) is 0 Å². The van der Waals surface area contributed by atoms with E-state index < -0.39 is 0 Å². The summed E-state index contributed by atoms with van der Waals surface area (Å²) in [6.07, 6.45) is 0. The molecule has 230 valence electrons. The summed E-state index contributed by atoms with van der Waals surface area (Å²) in [5.74, 6) is 0. The highest BCUT2D eigenvalue weighted by molar-refractivity contribution is 6.27. The first-order valence-electron chi connectivity index (χ1n) is 16.6. The monoisotopic (exact) mass is 627 g/mol. The molecule has 0 saturated carbocycles. The lowest BCUT2D eigenvalue weighted by atomic mass is 9.93. The molecule has 0 aliphatic carbocycles. The Kier molecular flexibility index (Phi) is 6.18. The van der Waals surface area contributed by atoms with Gasteiger partial charge in [-0.1, -0.05) is 103 Å². The number of furan rings is 2. The maximum absolute atomic E-state index is 6.79. The zero-order valence-corrected chi connectivity index (χ0v) is 26.5. The summed E-state index contributed by atoms with van der Waals surface area (Å²) in [5.41, 5.74) is 11.2. The average molecular weight is 628 g/mol. The van der Waals surface area contributed by atoms with Gasteiger partial charge in [-0.2, -0.15) is 0 Å². The van der Waals surface area contributed by atoms with Crippen LogP contribution in [0.4, 0.5) is 17.1 Å². The van der Waals surface area contributed by atoms with Crippen molar-refractivity contribution in [3.63, 3.8) is 0 Å². The smallest absolute Gasteiger partial charge is 0.143 e. The number of hydrogen-bond acceptors (Lipinski definition) is 3. The Balaban J connectivity index is 1.21. The molecular formula is C46H29NO2. The number of benzene rings is 8. The molecule has 2 heterocycles. The second-order valence-corrected chi connectivity index (χ2v) is 12.5. The normalized spacial score (nSPS) is 11.7. The highest BCUT2D eigenvalue weighted by Crippen LogP contribution is 2.45. The van der Waals surface area contributed by atoms with Crippen LogP contribution in [0, 0.1) is 0 Å². The van der Waals surface area contributed by atoms with Crippen molar-refractivity contribution in [3.05, 3.63) is 176 Å². The number of rotatable bonds is 5. The van der Waals surface area contributed by atoms with Crippen LogP contribution in [-0.4, -0.2) is 0 Å². The van der Waals surface area contributed by atoms with Gasteiger partial charge >= 0.3 is 0 Å². The van der Waals surface area contributed by atoms with E-state index in [1.165, 1.54) is 10.8 Å². The van der Waals surface area contributed by atoms with E-state index in [1.807, 2.05) is 24.3 Å². The summed E-state index contributed by atoms with van der Waals surface area (Å²) >= 11 is 0. The van der Waals surface area contributed by atoms with Gasteiger partial charge in [0.1, 0.15) is 22.3 Å². The van der Waals surface area contributed by atoms with E-state index in [0.29, 0.717) is 0 Å². The predicted molar refractivity (Wildman–Crippen MR) is 204 cm³/mol.